The van der Waals surface area contributed by atoms with Gasteiger partial charge in [0.1, 0.15) is 18.0 Å². The lowest BCUT2D eigenvalue weighted by molar-refractivity contribution is -0.114. The lowest BCUT2D eigenvalue weighted by Crippen LogP contribution is -2.38. The maximum Gasteiger partial charge on any atom is 0.264 e. The third-order valence-electron chi connectivity index (χ3n) is 4.94. The van der Waals surface area contributed by atoms with Crippen LogP contribution in [0.2, 0.25) is 0 Å². The van der Waals surface area contributed by atoms with E-state index in [1.165, 1.54) is 32.4 Å². The van der Waals surface area contributed by atoms with Crippen molar-refractivity contribution in [3.05, 3.63) is 77.9 Å². The zero-order valence-corrected chi connectivity index (χ0v) is 19.3. The fraction of sp³-hybridized carbons (Fsp3) is 0.208. The molecule has 3 aromatic carbocycles. The van der Waals surface area contributed by atoms with Gasteiger partial charge in [-0.15, -0.1) is 0 Å². The minimum Gasteiger partial charge on any atom is -0.497 e. The predicted molar refractivity (Wildman–Crippen MR) is 125 cm³/mol. The number of hydrogen-bond donors (Lipinski definition) is 1. The van der Waals surface area contributed by atoms with Crippen molar-refractivity contribution in [3.8, 4) is 11.5 Å². The van der Waals surface area contributed by atoms with Crippen LogP contribution in [0, 0.1) is 13.8 Å². The van der Waals surface area contributed by atoms with Crippen LogP contribution in [0.25, 0.3) is 0 Å². The Labute approximate surface area is 188 Å². The summed E-state index contributed by atoms with van der Waals surface area (Å²) in [6.45, 7) is 3.34. The quantitative estimate of drug-likeness (QED) is 0.553. The highest BCUT2D eigenvalue weighted by Gasteiger charge is 2.30. The van der Waals surface area contributed by atoms with Crippen molar-refractivity contribution < 1.29 is 22.7 Å². The summed E-state index contributed by atoms with van der Waals surface area (Å²) in [7, 11) is -1.16. The van der Waals surface area contributed by atoms with Crippen LogP contribution in [-0.4, -0.2) is 35.1 Å². The number of carbonyl (C=O) groups excluding carboxylic acids is 1. The monoisotopic (exact) mass is 454 g/mol. The lowest BCUT2D eigenvalue weighted by Gasteiger charge is -2.26. The first-order chi connectivity index (χ1) is 15.3. The molecule has 0 aromatic heterocycles. The van der Waals surface area contributed by atoms with Gasteiger partial charge in [-0.1, -0.05) is 30.3 Å². The standard InChI is InChI=1S/C24H26N2O5S/c1-17-10-11-18(2)21(14-17)25-24(27)16-26(32(28,29)20-8-6-5-7-9-20)22-15-19(30-3)12-13-23(22)31-4/h5-15H,16H2,1-4H3,(H,25,27). The highest BCUT2D eigenvalue weighted by Crippen LogP contribution is 2.35. The number of nitrogens with zero attached hydrogens (tertiary/aromatic N) is 1. The molecule has 0 saturated heterocycles. The van der Waals surface area contributed by atoms with E-state index in [0.717, 1.165) is 15.4 Å². The second-order valence-electron chi connectivity index (χ2n) is 7.23. The number of ether oxygens (including phenoxy) is 2. The van der Waals surface area contributed by atoms with Gasteiger partial charge in [0.15, 0.2) is 0 Å². The van der Waals surface area contributed by atoms with E-state index >= 15 is 0 Å². The van der Waals surface area contributed by atoms with Gasteiger partial charge in [-0.05, 0) is 55.3 Å². The Hall–Kier alpha value is -3.52. The van der Waals surface area contributed by atoms with Crippen LogP contribution in [0.15, 0.2) is 71.6 Å². The van der Waals surface area contributed by atoms with Gasteiger partial charge in [0.2, 0.25) is 5.91 Å². The Morgan fingerprint density at radius 2 is 1.66 bits per heavy atom. The fourth-order valence-electron chi connectivity index (χ4n) is 3.20. The summed E-state index contributed by atoms with van der Waals surface area (Å²) in [6.07, 6.45) is 0. The van der Waals surface area contributed by atoms with Crippen LogP contribution in [-0.2, 0) is 14.8 Å². The number of hydrogen-bond acceptors (Lipinski definition) is 5. The molecule has 0 bridgehead atoms. The number of methoxy groups -OCH3 is 2. The summed E-state index contributed by atoms with van der Waals surface area (Å²) in [6, 6.07) is 18.4. The maximum absolute atomic E-state index is 13.6. The third kappa shape index (κ3) is 5.03. The first-order valence-electron chi connectivity index (χ1n) is 9.93. The number of anilines is 2. The van der Waals surface area contributed by atoms with Gasteiger partial charge in [-0.3, -0.25) is 9.10 Å². The van der Waals surface area contributed by atoms with Crippen LogP contribution in [0.1, 0.15) is 11.1 Å². The summed E-state index contributed by atoms with van der Waals surface area (Å²) in [4.78, 5) is 13.1. The lowest BCUT2D eigenvalue weighted by atomic mass is 10.1. The zero-order valence-electron chi connectivity index (χ0n) is 18.5. The van der Waals surface area contributed by atoms with E-state index in [0.29, 0.717) is 17.2 Å². The second-order valence-corrected chi connectivity index (χ2v) is 9.09. The molecule has 1 N–H and O–H groups in total. The van der Waals surface area contributed by atoms with Gasteiger partial charge in [0.25, 0.3) is 10.0 Å². The van der Waals surface area contributed by atoms with Crippen molar-refractivity contribution in [2.45, 2.75) is 18.7 Å². The number of nitrogens with one attached hydrogen (secondary N) is 1. The van der Waals surface area contributed by atoms with E-state index in [1.807, 2.05) is 32.0 Å². The molecule has 0 radical (unpaired) electrons. The van der Waals surface area contributed by atoms with E-state index in [9.17, 15) is 13.2 Å². The topological polar surface area (TPSA) is 84.9 Å². The molecule has 0 unspecified atom stereocenters. The smallest absolute Gasteiger partial charge is 0.264 e. The van der Waals surface area contributed by atoms with Gasteiger partial charge >= 0.3 is 0 Å². The van der Waals surface area contributed by atoms with E-state index < -0.39 is 22.5 Å². The van der Waals surface area contributed by atoms with Crippen LogP contribution in [0.4, 0.5) is 11.4 Å². The Morgan fingerprint density at radius 3 is 2.31 bits per heavy atom. The molecular formula is C24H26N2O5S. The molecule has 0 fully saturated rings. The molecule has 0 atom stereocenters. The Balaban J connectivity index is 2.05. The molecule has 3 aromatic rings. The summed E-state index contributed by atoms with van der Waals surface area (Å²) in [5.41, 5.74) is 2.69. The van der Waals surface area contributed by atoms with Crippen molar-refractivity contribution >= 4 is 27.3 Å². The normalized spacial score (nSPS) is 11.0. The Morgan fingerprint density at radius 1 is 0.938 bits per heavy atom. The molecule has 0 heterocycles. The van der Waals surface area contributed by atoms with Gasteiger partial charge < -0.3 is 14.8 Å². The molecule has 7 nitrogen and oxygen atoms in total. The van der Waals surface area contributed by atoms with E-state index in [2.05, 4.69) is 5.32 Å². The van der Waals surface area contributed by atoms with Crippen LogP contribution in [0.5, 0.6) is 11.5 Å². The highest BCUT2D eigenvalue weighted by molar-refractivity contribution is 7.92. The summed E-state index contributed by atoms with van der Waals surface area (Å²) >= 11 is 0. The van der Waals surface area contributed by atoms with E-state index in [4.69, 9.17) is 9.47 Å². The number of amides is 1. The number of benzene rings is 3. The SMILES string of the molecule is COc1ccc(OC)c(N(CC(=O)Nc2cc(C)ccc2C)S(=O)(=O)c2ccccc2)c1. The van der Waals surface area contributed by atoms with E-state index in [1.54, 1.807) is 30.3 Å². The molecule has 0 aliphatic carbocycles. The summed E-state index contributed by atoms with van der Waals surface area (Å²) < 4.78 is 38.8. The molecule has 0 saturated carbocycles. The van der Waals surface area contributed by atoms with Crippen molar-refractivity contribution in [1.82, 2.24) is 0 Å². The van der Waals surface area contributed by atoms with Crippen LogP contribution >= 0.6 is 0 Å². The average Bonchev–Trinajstić information content (AvgIpc) is 2.80. The molecular weight excluding hydrogens is 428 g/mol. The molecule has 3 rings (SSSR count). The minimum atomic E-state index is -4.08. The van der Waals surface area contributed by atoms with Gasteiger partial charge in [0, 0.05) is 11.8 Å². The Bertz CT molecular complexity index is 1210. The first kappa shape index (κ1) is 23.1. The number of aryl methyl sites for hydroxylation is 2. The van der Waals surface area contributed by atoms with Crippen molar-refractivity contribution in [2.24, 2.45) is 0 Å². The first-order valence-corrected chi connectivity index (χ1v) is 11.4. The molecule has 168 valence electrons. The Kier molecular flexibility index (Phi) is 7.05. The zero-order chi connectivity index (χ0) is 23.3. The predicted octanol–water partition coefficient (Wildman–Crippen LogP) is 4.15. The number of carbonyl (C=O) groups is 1. The van der Waals surface area contributed by atoms with Gasteiger partial charge in [-0.25, -0.2) is 8.42 Å². The minimum absolute atomic E-state index is 0.0596. The largest absolute Gasteiger partial charge is 0.497 e. The van der Waals surface area contributed by atoms with Gasteiger partial charge in [0.05, 0.1) is 24.8 Å². The fourth-order valence-corrected chi connectivity index (χ4v) is 4.65. The van der Waals surface area contributed by atoms with Crippen LogP contribution < -0.4 is 19.1 Å². The molecule has 32 heavy (non-hydrogen) atoms. The molecule has 8 heteroatoms. The highest BCUT2D eigenvalue weighted by atomic mass is 32.2. The maximum atomic E-state index is 13.6. The van der Waals surface area contributed by atoms with E-state index in [-0.39, 0.29) is 10.6 Å². The summed E-state index contributed by atoms with van der Waals surface area (Å²) in [5.74, 6) is 0.247. The average molecular weight is 455 g/mol. The van der Waals surface area contributed by atoms with Crippen molar-refractivity contribution in [1.29, 1.82) is 0 Å². The van der Waals surface area contributed by atoms with Crippen molar-refractivity contribution in [2.75, 3.05) is 30.4 Å². The third-order valence-corrected chi connectivity index (χ3v) is 6.71. The molecule has 0 aliphatic rings. The van der Waals surface area contributed by atoms with Crippen molar-refractivity contribution in [3.63, 3.8) is 0 Å². The summed E-state index contributed by atoms with van der Waals surface area (Å²) in [5, 5.41) is 2.82. The number of rotatable bonds is 8. The molecule has 0 aliphatic heterocycles. The molecule has 0 spiro atoms. The second kappa shape index (κ2) is 9.74. The molecule has 1 amide bonds. The van der Waals surface area contributed by atoms with Crippen LogP contribution in [0.3, 0.4) is 0 Å². The number of sulfonamides is 1. The van der Waals surface area contributed by atoms with Gasteiger partial charge in [-0.2, -0.15) is 0 Å².